The van der Waals surface area contributed by atoms with E-state index in [1.807, 2.05) is 0 Å². The van der Waals surface area contributed by atoms with Crippen LogP contribution in [0.3, 0.4) is 0 Å². The van der Waals surface area contributed by atoms with Crippen LogP contribution in [0.5, 0.6) is 0 Å². The molecule has 0 spiro atoms. The largest absolute Gasteiger partial charge is 0.271 e. The molecule has 0 aliphatic rings. The van der Waals surface area contributed by atoms with E-state index in [4.69, 9.17) is 5.84 Å². The first kappa shape index (κ1) is 13.2. The molecular weight excluding hydrogens is 272 g/mol. The predicted molar refractivity (Wildman–Crippen MR) is 70.9 cm³/mol. The lowest BCUT2D eigenvalue weighted by Gasteiger charge is -2.21. The fourth-order valence-corrected chi connectivity index (χ4v) is 3.55. The molecule has 0 fully saturated rings. The van der Waals surface area contributed by atoms with Gasteiger partial charge >= 0.3 is 0 Å². The van der Waals surface area contributed by atoms with Crippen molar-refractivity contribution in [3.05, 3.63) is 20.3 Å². The fourth-order valence-electron chi connectivity index (χ4n) is 1.79. The minimum atomic E-state index is 0.278. The first-order valence-electron chi connectivity index (χ1n) is 5.32. The van der Waals surface area contributed by atoms with Gasteiger partial charge in [-0.3, -0.25) is 11.3 Å². The van der Waals surface area contributed by atoms with Gasteiger partial charge in [0.2, 0.25) is 0 Å². The molecule has 1 aromatic heterocycles. The molecule has 15 heavy (non-hydrogen) atoms. The molecule has 0 amide bonds. The van der Waals surface area contributed by atoms with Crippen LogP contribution >= 0.6 is 27.3 Å². The van der Waals surface area contributed by atoms with E-state index in [9.17, 15) is 0 Å². The molecule has 0 bridgehead atoms. The second-order valence-electron chi connectivity index (χ2n) is 4.02. The highest BCUT2D eigenvalue weighted by atomic mass is 79.9. The number of halogens is 1. The minimum Gasteiger partial charge on any atom is -0.271 e. The Labute approximate surface area is 104 Å². The van der Waals surface area contributed by atoms with Crippen LogP contribution < -0.4 is 11.3 Å². The summed E-state index contributed by atoms with van der Waals surface area (Å²) in [4.78, 5) is 1.32. The third-order valence-corrected chi connectivity index (χ3v) is 4.90. The number of thiophene rings is 1. The summed E-state index contributed by atoms with van der Waals surface area (Å²) in [5.41, 5.74) is 4.22. The maximum Gasteiger partial charge on any atom is 0.0731 e. The van der Waals surface area contributed by atoms with Gasteiger partial charge in [-0.15, -0.1) is 11.3 Å². The molecule has 0 aromatic carbocycles. The van der Waals surface area contributed by atoms with E-state index in [1.165, 1.54) is 27.1 Å². The Morgan fingerprint density at radius 1 is 1.60 bits per heavy atom. The molecule has 0 aliphatic heterocycles. The predicted octanol–water partition coefficient (Wildman–Crippen LogP) is 3.76. The maximum absolute atomic E-state index is 5.64. The Bertz CT molecular complexity index is 292. The fraction of sp³-hybridized carbons (Fsp3) is 0.636. The van der Waals surface area contributed by atoms with Crippen LogP contribution in [0.1, 0.15) is 43.2 Å². The number of rotatable bonds is 5. The van der Waals surface area contributed by atoms with Gasteiger partial charge in [-0.2, -0.15) is 0 Å². The first-order valence-corrected chi connectivity index (χ1v) is 6.93. The topological polar surface area (TPSA) is 38.0 Å². The van der Waals surface area contributed by atoms with Crippen LogP contribution in [0, 0.1) is 12.8 Å². The molecule has 0 saturated heterocycles. The van der Waals surface area contributed by atoms with Crippen molar-refractivity contribution >= 4 is 27.3 Å². The molecule has 2 nitrogen and oxygen atoms in total. The number of nitrogens with two attached hydrogens (primary N) is 1. The van der Waals surface area contributed by atoms with E-state index < -0.39 is 0 Å². The zero-order valence-electron chi connectivity index (χ0n) is 9.51. The molecule has 1 heterocycles. The molecule has 86 valence electrons. The molecule has 0 aliphatic carbocycles. The molecule has 3 N–H and O–H groups in total. The third-order valence-electron chi connectivity index (χ3n) is 2.68. The summed E-state index contributed by atoms with van der Waals surface area (Å²) >= 11 is 5.33. The summed E-state index contributed by atoms with van der Waals surface area (Å²) in [6.45, 7) is 6.57. The smallest absolute Gasteiger partial charge is 0.0731 e. The second kappa shape index (κ2) is 5.99. The Kier molecular flexibility index (Phi) is 5.26. The van der Waals surface area contributed by atoms with Gasteiger partial charge in [0.05, 0.1) is 9.83 Å². The van der Waals surface area contributed by atoms with Crippen LogP contribution in [0.25, 0.3) is 0 Å². The highest BCUT2D eigenvalue weighted by molar-refractivity contribution is 9.11. The standard InChI is InChI=1S/C11H19BrN2S/c1-4-5-7(2)10(14-13)9-6-8(3)11(12)15-9/h6-7,10,14H,4-5,13H2,1-3H3. The van der Waals surface area contributed by atoms with Crippen molar-refractivity contribution in [2.24, 2.45) is 11.8 Å². The monoisotopic (exact) mass is 290 g/mol. The van der Waals surface area contributed by atoms with Gasteiger partial charge in [-0.25, -0.2) is 0 Å². The van der Waals surface area contributed by atoms with Gasteiger partial charge in [-0.1, -0.05) is 20.3 Å². The first-order chi connectivity index (χ1) is 7.10. The zero-order valence-corrected chi connectivity index (χ0v) is 11.9. The average Bonchev–Trinajstić information content (AvgIpc) is 2.48. The molecule has 2 atom stereocenters. The Morgan fingerprint density at radius 2 is 2.27 bits per heavy atom. The highest BCUT2D eigenvalue weighted by Gasteiger charge is 2.19. The summed E-state index contributed by atoms with van der Waals surface area (Å²) in [5.74, 6) is 6.21. The number of hydrogen-bond donors (Lipinski definition) is 2. The highest BCUT2D eigenvalue weighted by Crippen LogP contribution is 2.35. The number of hydrazine groups is 1. The van der Waals surface area contributed by atoms with Crippen LogP contribution in [-0.4, -0.2) is 0 Å². The van der Waals surface area contributed by atoms with Crippen molar-refractivity contribution in [3.63, 3.8) is 0 Å². The van der Waals surface area contributed by atoms with Crippen LogP contribution in [0.2, 0.25) is 0 Å². The van der Waals surface area contributed by atoms with Crippen molar-refractivity contribution < 1.29 is 0 Å². The van der Waals surface area contributed by atoms with Crippen molar-refractivity contribution in [3.8, 4) is 0 Å². The van der Waals surface area contributed by atoms with Crippen LogP contribution in [0.4, 0.5) is 0 Å². The molecular formula is C11H19BrN2S. The number of aryl methyl sites for hydroxylation is 1. The SMILES string of the molecule is CCCC(C)C(NN)c1cc(C)c(Br)s1. The van der Waals surface area contributed by atoms with E-state index in [-0.39, 0.29) is 6.04 Å². The molecule has 1 aromatic rings. The summed E-state index contributed by atoms with van der Waals surface area (Å²) < 4.78 is 1.21. The van der Waals surface area contributed by atoms with Crippen molar-refractivity contribution in [2.45, 2.75) is 39.7 Å². The summed E-state index contributed by atoms with van der Waals surface area (Å²) in [6, 6.07) is 2.49. The van der Waals surface area contributed by atoms with E-state index >= 15 is 0 Å². The van der Waals surface area contributed by atoms with Gasteiger partial charge < -0.3 is 0 Å². The summed E-state index contributed by atoms with van der Waals surface area (Å²) in [5, 5.41) is 0. The van der Waals surface area contributed by atoms with Crippen LogP contribution in [-0.2, 0) is 0 Å². The van der Waals surface area contributed by atoms with Crippen molar-refractivity contribution in [1.82, 2.24) is 5.43 Å². The lowest BCUT2D eigenvalue weighted by Crippen LogP contribution is -2.31. The maximum atomic E-state index is 5.64. The average molecular weight is 291 g/mol. The van der Waals surface area contributed by atoms with Crippen molar-refractivity contribution in [2.75, 3.05) is 0 Å². The summed E-state index contributed by atoms with van der Waals surface area (Å²) in [6.07, 6.45) is 2.40. The minimum absolute atomic E-state index is 0.278. The van der Waals surface area contributed by atoms with Gasteiger partial charge in [0.25, 0.3) is 0 Å². The van der Waals surface area contributed by atoms with Crippen LogP contribution in [0.15, 0.2) is 9.85 Å². The second-order valence-corrected chi connectivity index (χ2v) is 6.42. The molecule has 0 radical (unpaired) electrons. The number of nitrogens with one attached hydrogen (secondary N) is 1. The molecule has 0 saturated carbocycles. The quantitative estimate of drug-likeness (QED) is 0.640. The van der Waals surface area contributed by atoms with Gasteiger partial charge in [0, 0.05) is 4.88 Å². The van der Waals surface area contributed by atoms with E-state index in [2.05, 4.69) is 48.2 Å². The Hall–Kier alpha value is 0.1000. The lowest BCUT2D eigenvalue weighted by molar-refractivity contribution is 0.373. The normalized spacial score (nSPS) is 15.3. The zero-order chi connectivity index (χ0) is 11.4. The van der Waals surface area contributed by atoms with Gasteiger partial charge in [0.15, 0.2) is 0 Å². The molecule has 2 unspecified atom stereocenters. The van der Waals surface area contributed by atoms with Crippen molar-refractivity contribution in [1.29, 1.82) is 0 Å². The Balaban J connectivity index is 2.82. The van der Waals surface area contributed by atoms with E-state index in [0.717, 1.165) is 0 Å². The molecule has 1 rings (SSSR count). The van der Waals surface area contributed by atoms with Gasteiger partial charge in [0.1, 0.15) is 0 Å². The summed E-state index contributed by atoms with van der Waals surface area (Å²) in [7, 11) is 0. The molecule has 4 heteroatoms. The third kappa shape index (κ3) is 3.28. The van der Waals surface area contributed by atoms with Gasteiger partial charge in [-0.05, 0) is 46.8 Å². The Morgan fingerprint density at radius 3 is 2.67 bits per heavy atom. The van der Waals surface area contributed by atoms with E-state index in [1.54, 1.807) is 11.3 Å². The lowest BCUT2D eigenvalue weighted by atomic mass is 9.96. The van der Waals surface area contributed by atoms with E-state index in [0.29, 0.717) is 5.92 Å². The number of hydrogen-bond acceptors (Lipinski definition) is 3.